The molecular formula is C20H17ClN2O6. The SMILES string of the molecule is CCOc1ccc(N2C(=O)NC(=O)/C(=C/c3cc(Cl)c(O)c(OC)c3)C2=O)cc1. The number of benzene rings is 2. The predicted molar refractivity (Wildman–Crippen MR) is 106 cm³/mol. The molecule has 1 aliphatic rings. The molecule has 9 heteroatoms. The molecule has 0 radical (unpaired) electrons. The lowest BCUT2D eigenvalue weighted by atomic mass is 10.1. The van der Waals surface area contributed by atoms with Crippen molar-refractivity contribution in [2.75, 3.05) is 18.6 Å². The molecule has 0 atom stereocenters. The molecule has 0 bridgehead atoms. The van der Waals surface area contributed by atoms with Crippen molar-refractivity contribution >= 4 is 41.2 Å². The number of carbonyl (C=O) groups excluding carboxylic acids is 3. The molecule has 1 fully saturated rings. The average Bonchev–Trinajstić information content (AvgIpc) is 2.69. The van der Waals surface area contributed by atoms with E-state index in [0.29, 0.717) is 17.9 Å². The van der Waals surface area contributed by atoms with Gasteiger partial charge >= 0.3 is 6.03 Å². The van der Waals surface area contributed by atoms with E-state index in [4.69, 9.17) is 21.1 Å². The van der Waals surface area contributed by atoms with Crippen molar-refractivity contribution in [3.8, 4) is 17.2 Å². The minimum atomic E-state index is -0.859. The number of halogens is 1. The number of hydrogen-bond donors (Lipinski definition) is 2. The molecule has 1 heterocycles. The lowest BCUT2D eigenvalue weighted by Gasteiger charge is -2.26. The van der Waals surface area contributed by atoms with Gasteiger partial charge in [-0.1, -0.05) is 11.6 Å². The van der Waals surface area contributed by atoms with Gasteiger partial charge in [-0.3, -0.25) is 14.9 Å². The van der Waals surface area contributed by atoms with Crippen LogP contribution in [-0.2, 0) is 9.59 Å². The highest BCUT2D eigenvalue weighted by Crippen LogP contribution is 2.36. The Labute approximate surface area is 171 Å². The molecule has 1 aliphatic heterocycles. The third kappa shape index (κ3) is 4.02. The minimum Gasteiger partial charge on any atom is -0.503 e. The zero-order valence-corrected chi connectivity index (χ0v) is 16.3. The van der Waals surface area contributed by atoms with E-state index in [-0.39, 0.29) is 27.8 Å². The molecule has 2 aromatic rings. The second-order valence-electron chi connectivity index (χ2n) is 5.94. The number of barbiturate groups is 1. The highest BCUT2D eigenvalue weighted by molar-refractivity contribution is 6.39. The molecule has 8 nitrogen and oxygen atoms in total. The van der Waals surface area contributed by atoms with E-state index in [2.05, 4.69) is 5.32 Å². The number of nitrogens with zero attached hydrogens (tertiary/aromatic N) is 1. The quantitative estimate of drug-likeness (QED) is 0.573. The molecule has 4 amide bonds. The topological polar surface area (TPSA) is 105 Å². The summed E-state index contributed by atoms with van der Waals surface area (Å²) < 4.78 is 10.4. The van der Waals surface area contributed by atoms with Crippen LogP contribution in [0.15, 0.2) is 42.0 Å². The van der Waals surface area contributed by atoms with Gasteiger partial charge in [0.25, 0.3) is 11.8 Å². The number of carbonyl (C=O) groups is 3. The van der Waals surface area contributed by atoms with Crippen LogP contribution in [0, 0.1) is 0 Å². The smallest absolute Gasteiger partial charge is 0.335 e. The molecule has 2 N–H and O–H groups in total. The molecule has 3 rings (SSSR count). The predicted octanol–water partition coefficient (Wildman–Crippen LogP) is 3.12. The van der Waals surface area contributed by atoms with Crippen molar-refractivity contribution in [2.45, 2.75) is 6.92 Å². The highest BCUT2D eigenvalue weighted by atomic mass is 35.5. The van der Waals surface area contributed by atoms with Gasteiger partial charge in [0.15, 0.2) is 11.5 Å². The summed E-state index contributed by atoms with van der Waals surface area (Å²) in [6.45, 7) is 2.31. The summed E-state index contributed by atoms with van der Waals surface area (Å²) in [6, 6.07) is 8.22. The van der Waals surface area contributed by atoms with Gasteiger partial charge in [0.1, 0.15) is 11.3 Å². The molecule has 2 aromatic carbocycles. The van der Waals surface area contributed by atoms with Crippen molar-refractivity contribution < 1.29 is 29.0 Å². The van der Waals surface area contributed by atoms with Gasteiger partial charge in [-0.05, 0) is 55.0 Å². The summed E-state index contributed by atoms with van der Waals surface area (Å²) in [5.74, 6) is -1.25. The first kappa shape index (κ1) is 20.2. The number of anilines is 1. The Morgan fingerprint density at radius 1 is 1.17 bits per heavy atom. The maximum Gasteiger partial charge on any atom is 0.335 e. The van der Waals surface area contributed by atoms with Crippen LogP contribution < -0.4 is 19.7 Å². The average molecular weight is 417 g/mol. The van der Waals surface area contributed by atoms with Crippen molar-refractivity contribution in [1.29, 1.82) is 0 Å². The van der Waals surface area contributed by atoms with Crippen LogP contribution in [0.4, 0.5) is 10.5 Å². The first-order chi connectivity index (χ1) is 13.8. The highest BCUT2D eigenvalue weighted by Gasteiger charge is 2.36. The van der Waals surface area contributed by atoms with Gasteiger partial charge in [-0.25, -0.2) is 9.69 Å². The van der Waals surface area contributed by atoms with Gasteiger partial charge < -0.3 is 14.6 Å². The summed E-state index contributed by atoms with van der Waals surface area (Å²) in [4.78, 5) is 38.3. The van der Waals surface area contributed by atoms with Gasteiger partial charge in [-0.15, -0.1) is 0 Å². The molecule has 0 aliphatic carbocycles. The standard InChI is InChI=1S/C20H17ClN2O6/c1-3-29-13-6-4-12(5-7-13)23-19(26)14(18(25)22-20(23)27)8-11-9-15(21)17(24)16(10-11)28-2/h4-10,24H,3H2,1-2H3,(H,22,25,27)/b14-8-. The van der Waals surface area contributed by atoms with Crippen LogP contribution in [0.25, 0.3) is 6.08 Å². The maximum atomic E-state index is 12.9. The number of ether oxygens (including phenoxy) is 2. The van der Waals surface area contributed by atoms with E-state index < -0.39 is 17.8 Å². The van der Waals surface area contributed by atoms with Crippen molar-refractivity contribution in [2.24, 2.45) is 0 Å². The van der Waals surface area contributed by atoms with Crippen molar-refractivity contribution in [3.05, 3.63) is 52.6 Å². The number of urea groups is 1. The zero-order valence-electron chi connectivity index (χ0n) is 15.6. The van der Waals surface area contributed by atoms with Crippen LogP contribution in [0.1, 0.15) is 12.5 Å². The van der Waals surface area contributed by atoms with Crippen LogP contribution >= 0.6 is 11.6 Å². The van der Waals surface area contributed by atoms with Crippen molar-refractivity contribution in [1.82, 2.24) is 5.32 Å². The molecule has 1 saturated heterocycles. The van der Waals surface area contributed by atoms with E-state index >= 15 is 0 Å². The molecule has 0 saturated carbocycles. The molecule has 0 unspecified atom stereocenters. The fourth-order valence-electron chi connectivity index (χ4n) is 2.75. The summed E-state index contributed by atoms with van der Waals surface area (Å²) >= 11 is 5.96. The number of methoxy groups -OCH3 is 1. The third-order valence-electron chi connectivity index (χ3n) is 4.09. The van der Waals surface area contributed by atoms with E-state index in [1.165, 1.54) is 37.5 Å². The van der Waals surface area contributed by atoms with E-state index in [1.807, 2.05) is 6.92 Å². The van der Waals surface area contributed by atoms with Gasteiger partial charge in [0.2, 0.25) is 0 Å². The van der Waals surface area contributed by atoms with Gasteiger partial charge in [0, 0.05) is 0 Å². The molecule has 150 valence electrons. The number of hydrogen-bond acceptors (Lipinski definition) is 6. The lowest BCUT2D eigenvalue weighted by molar-refractivity contribution is -0.122. The van der Waals surface area contributed by atoms with Gasteiger partial charge in [-0.2, -0.15) is 0 Å². The lowest BCUT2D eigenvalue weighted by Crippen LogP contribution is -2.54. The van der Waals surface area contributed by atoms with E-state index in [9.17, 15) is 19.5 Å². The Morgan fingerprint density at radius 2 is 1.86 bits per heavy atom. The first-order valence-corrected chi connectivity index (χ1v) is 8.94. The molecule has 0 spiro atoms. The summed E-state index contributed by atoms with van der Waals surface area (Å²) in [7, 11) is 1.34. The first-order valence-electron chi connectivity index (χ1n) is 8.56. The van der Waals surface area contributed by atoms with Crippen LogP contribution in [0.2, 0.25) is 5.02 Å². The maximum absolute atomic E-state index is 12.9. The Hall–Kier alpha value is -3.52. The summed E-state index contributed by atoms with van der Waals surface area (Å²) in [5.41, 5.74) is 0.335. The molecule has 0 aromatic heterocycles. The number of nitrogens with one attached hydrogen (secondary N) is 1. The second kappa shape index (κ2) is 8.24. The van der Waals surface area contributed by atoms with Crippen LogP contribution in [0.3, 0.4) is 0 Å². The minimum absolute atomic E-state index is 0.0145. The Balaban J connectivity index is 1.99. The third-order valence-corrected chi connectivity index (χ3v) is 4.38. The van der Waals surface area contributed by atoms with Crippen LogP contribution in [-0.4, -0.2) is 36.7 Å². The van der Waals surface area contributed by atoms with Gasteiger partial charge in [0.05, 0.1) is 24.4 Å². The normalized spacial score (nSPS) is 15.5. The van der Waals surface area contributed by atoms with Crippen molar-refractivity contribution in [3.63, 3.8) is 0 Å². The van der Waals surface area contributed by atoms with Crippen LogP contribution in [0.5, 0.6) is 17.2 Å². The van der Waals surface area contributed by atoms with E-state index in [0.717, 1.165) is 4.90 Å². The fourth-order valence-corrected chi connectivity index (χ4v) is 2.97. The largest absolute Gasteiger partial charge is 0.503 e. The number of aromatic hydroxyl groups is 1. The Morgan fingerprint density at radius 3 is 2.48 bits per heavy atom. The fraction of sp³-hybridized carbons (Fsp3) is 0.150. The number of phenols is 1. The summed E-state index contributed by atoms with van der Waals surface area (Å²) in [5, 5.41) is 12.0. The number of amides is 4. The number of rotatable bonds is 5. The summed E-state index contributed by atoms with van der Waals surface area (Å²) in [6.07, 6.45) is 1.26. The number of imide groups is 2. The monoisotopic (exact) mass is 416 g/mol. The van der Waals surface area contributed by atoms with E-state index in [1.54, 1.807) is 12.1 Å². The molecular weight excluding hydrogens is 400 g/mol. The Kier molecular flexibility index (Phi) is 5.74. The second-order valence-corrected chi connectivity index (χ2v) is 6.35. The zero-order chi connectivity index (χ0) is 21.1. The molecule has 29 heavy (non-hydrogen) atoms. The number of phenolic OH excluding ortho intramolecular Hbond substituents is 1. The Bertz CT molecular complexity index is 1020.